The Hall–Kier alpha value is -2.71. The summed E-state index contributed by atoms with van der Waals surface area (Å²) >= 11 is 0. The molecule has 0 saturated carbocycles. The van der Waals surface area contributed by atoms with E-state index in [-0.39, 0.29) is 17.4 Å². The minimum Gasteiger partial charge on any atom is -0.507 e. The maximum Gasteiger partial charge on any atom is 0.416 e. The molecule has 0 aliphatic rings. The summed E-state index contributed by atoms with van der Waals surface area (Å²) in [6.45, 7) is 1.56. The van der Waals surface area contributed by atoms with Gasteiger partial charge in [0.05, 0.1) is 23.9 Å². The first kappa shape index (κ1) is 19.6. The molecular weight excluding hydrogens is 364 g/mol. The lowest BCUT2D eigenvalue weighted by Crippen LogP contribution is -2.10. The highest BCUT2D eigenvalue weighted by atomic mass is 19.4. The molecule has 2 rings (SSSR count). The maximum atomic E-state index is 12.8. The third-order valence-electron chi connectivity index (χ3n) is 3.46. The summed E-state index contributed by atoms with van der Waals surface area (Å²) < 4.78 is 82.0. The number of aromatic hydroxyl groups is 1. The highest BCUT2D eigenvalue weighted by molar-refractivity contribution is 5.86. The van der Waals surface area contributed by atoms with Gasteiger partial charge < -0.3 is 9.84 Å². The van der Waals surface area contributed by atoms with Crippen LogP contribution in [0.1, 0.15) is 22.3 Å². The Kier molecular flexibility index (Phi) is 5.20. The quantitative estimate of drug-likeness (QED) is 0.567. The number of rotatable bonds is 3. The Morgan fingerprint density at radius 3 is 1.92 bits per heavy atom. The number of alkyl halides is 6. The van der Waals surface area contributed by atoms with E-state index in [9.17, 15) is 31.4 Å². The maximum absolute atomic E-state index is 12.8. The number of aryl methyl sites for hydroxylation is 1. The molecule has 0 saturated heterocycles. The van der Waals surface area contributed by atoms with E-state index in [1.807, 2.05) is 0 Å². The Morgan fingerprint density at radius 1 is 0.923 bits per heavy atom. The monoisotopic (exact) mass is 377 g/mol. The lowest BCUT2D eigenvalue weighted by molar-refractivity contribution is -0.143. The van der Waals surface area contributed by atoms with Gasteiger partial charge in [0.1, 0.15) is 11.5 Å². The summed E-state index contributed by atoms with van der Waals surface area (Å²) in [5.74, 6) is 0.138. The molecule has 140 valence electrons. The Morgan fingerprint density at radius 2 is 1.46 bits per heavy atom. The molecule has 9 heteroatoms. The second-order valence-electron chi connectivity index (χ2n) is 5.40. The van der Waals surface area contributed by atoms with Crippen LogP contribution in [0, 0.1) is 6.92 Å². The highest BCUT2D eigenvalue weighted by Crippen LogP contribution is 2.38. The highest BCUT2D eigenvalue weighted by Gasteiger charge is 2.36. The minimum atomic E-state index is -4.96. The molecule has 0 heterocycles. The van der Waals surface area contributed by atoms with Crippen LogP contribution in [0.15, 0.2) is 35.3 Å². The first-order valence-electron chi connectivity index (χ1n) is 7.13. The Labute approximate surface area is 144 Å². The number of phenolic OH excluding ortho intramolecular Hbond substituents is 1. The van der Waals surface area contributed by atoms with Crippen LogP contribution < -0.4 is 4.74 Å². The molecule has 0 aliphatic carbocycles. The molecule has 0 aliphatic heterocycles. The smallest absolute Gasteiger partial charge is 0.416 e. The van der Waals surface area contributed by atoms with Gasteiger partial charge in [0.2, 0.25) is 0 Å². The molecular formula is C17H13F6NO2. The van der Waals surface area contributed by atoms with Crippen LogP contribution in [0.25, 0.3) is 0 Å². The van der Waals surface area contributed by atoms with Crippen LogP contribution in [-0.2, 0) is 12.4 Å². The predicted molar refractivity (Wildman–Crippen MR) is 83.1 cm³/mol. The first-order chi connectivity index (χ1) is 11.9. The van der Waals surface area contributed by atoms with E-state index < -0.39 is 29.2 Å². The zero-order chi connectivity index (χ0) is 19.7. The lowest BCUT2D eigenvalue weighted by atomic mass is 10.1. The third kappa shape index (κ3) is 4.47. The molecule has 1 N–H and O–H groups in total. The number of hydrogen-bond donors (Lipinski definition) is 1. The summed E-state index contributed by atoms with van der Waals surface area (Å²) in [6.07, 6.45) is -8.94. The lowest BCUT2D eigenvalue weighted by Gasteiger charge is -2.12. The molecule has 3 nitrogen and oxygen atoms in total. The normalized spacial score (nSPS) is 12.6. The van der Waals surface area contributed by atoms with E-state index in [0.717, 1.165) is 6.21 Å². The van der Waals surface area contributed by atoms with Crippen molar-refractivity contribution in [2.75, 3.05) is 7.11 Å². The summed E-state index contributed by atoms with van der Waals surface area (Å²) in [5.41, 5.74) is -2.98. The molecule has 0 atom stereocenters. The van der Waals surface area contributed by atoms with E-state index in [0.29, 0.717) is 23.4 Å². The van der Waals surface area contributed by atoms with Crippen molar-refractivity contribution in [2.24, 2.45) is 4.99 Å². The van der Waals surface area contributed by atoms with E-state index in [4.69, 9.17) is 4.74 Å². The van der Waals surface area contributed by atoms with Gasteiger partial charge in [-0.2, -0.15) is 26.3 Å². The number of phenols is 1. The van der Waals surface area contributed by atoms with E-state index >= 15 is 0 Å². The average molecular weight is 377 g/mol. The largest absolute Gasteiger partial charge is 0.507 e. The van der Waals surface area contributed by atoms with Crippen molar-refractivity contribution in [1.29, 1.82) is 0 Å². The zero-order valence-electron chi connectivity index (χ0n) is 13.5. The third-order valence-corrected chi connectivity index (χ3v) is 3.46. The molecule has 0 bridgehead atoms. The van der Waals surface area contributed by atoms with Gasteiger partial charge in [-0.25, -0.2) is 0 Å². The van der Waals surface area contributed by atoms with Crippen LogP contribution in [0.3, 0.4) is 0 Å². The molecule has 0 radical (unpaired) electrons. The number of benzene rings is 2. The Balaban J connectivity index is 2.52. The topological polar surface area (TPSA) is 41.8 Å². The number of halogens is 6. The fourth-order valence-corrected chi connectivity index (χ4v) is 2.15. The first-order valence-corrected chi connectivity index (χ1v) is 7.13. The second kappa shape index (κ2) is 6.89. The van der Waals surface area contributed by atoms with Crippen molar-refractivity contribution in [2.45, 2.75) is 19.3 Å². The van der Waals surface area contributed by atoms with Crippen molar-refractivity contribution >= 4 is 11.9 Å². The summed E-state index contributed by atoms with van der Waals surface area (Å²) in [7, 11) is 1.37. The molecule has 0 fully saturated rings. The van der Waals surface area contributed by atoms with Gasteiger partial charge in [0.25, 0.3) is 0 Å². The van der Waals surface area contributed by atoms with Gasteiger partial charge in [-0.15, -0.1) is 0 Å². The number of ether oxygens (including phenoxy) is 1. The van der Waals surface area contributed by atoms with Gasteiger partial charge in [0, 0.05) is 11.8 Å². The predicted octanol–water partition coefficient (Wildman–Crippen LogP) is 5.50. The fourth-order valence-electron chi connectivity index (χ4n) is 2.15. The number of nitrogens with zero attached hydrogens (tertiary/aromatic N) is 1. The number of hydrogen-bond acceptors (Lipinski definition) is 3. The standard InChI is InChI=1S/C17H13F6NO2/c1-9-3-14(26-2)4-10(15(9)25)8-24-13-6-11(16(18,19)20)5-12(7-13)17(21,22)23/h3-8,25H,1-2H3. The molecule has 0 spiro atoms. The molecule has 0 amide bonds. The van der Waals surface area contributed by atoms with E-state index in [1.165, 1.54) is 19.2 Å². The molecule has 2 aromatic carbocycles. The Bertz CT molecular complexity index is 808. The van der Waals surface area contributed by atoms with E-state index in [1.54, 1.807) is 6.92 Å². The van der Waals surface area contributed by atoms with Crippen LogP contribution >= 0.6 is 0 Å². The van der Waals surface area contributed by atoms with Gasteiger partial charge in [-0.05, 0) is 42.8 Å². The summed E-state index contributed by atoms with van der Waals surface area (Å²) in [6, 6.07) is 3.88. The average Bonchev–Trinajstić information content (AvgIpc) is 2.54. The van der Waals surface area contributed by atoms with Crippen LogP contribution in [0.2, 0.25) is 0 Å². The van der Waals surface area contributed by atoms with Crippen LogP contribution in [-0.4, -0.2) is 18.4 Å². The summed E-state index contributed by atoms with van der Waals surface area (Å²) in [5, 5.41) is 9.96. The molecule has 0 unspecified atom stereocenters. The SMILES string of the molecule is COc1cc(C)c(O)c(C=Nc2cc(C(F)(F)F)cc(C(F)(F)F)c2)c1. The summed E-state index contributed by atoms with van der Waals surface area (Å²) in [4.78, 5) is 3.66. The molecule has 0 aromatic heterocycles. The van der Waals surface area contributed by atoms with Gasteiger partial charge in [0.15, 0.2) is 0 Å². The van der Waals surface area contributed by atoms with E-state index in [2.05, 4.69) is 4.99 Å². The fraction of sp³-hybridized carbons (Fsp3) is 0.235. The van der Waals surface area contributed by atoms with Crippen LogP contribution in [0.5, 0.6) is 11.5 Å². The van der Waals surface area contributed by atoms with Crippen molar-refractivity contribution in [3.05, 3.63) is 52.6 Å². The van der Waals surface area contributed by atoms with Crippen molar-refractivity contribution in [3.8, 4) is 11.5 Å². The van der Waals surface area contributed by atoms with Gasteiger partial charge in [-0.1, -0.05) is 0 Å². The number of aliphatic imine (C=N–C) groups is 1. The molecule has 26 heavy (non-hydrogen) atoms. The van der Waals surface area contributed by atoms with Crippen molar-refractivity contribution in [3.63, 3.8) is 0 Å². The zero-order valence-corrected chi connectivity index (χ0v) is 13.5. The van der Waals surface area contributed by atoms with Crippen molar-refractivity contribution in [1.82, 2.24) is 0 Å². The van der Waals surface area contributed by atoms with Crippen LogP contribution in [0.4, 0.5) is 32.0 Å². The molecule has 2 aromatic rings. The minimum absolute atomic E-state index is 0.0200. The van der Waals surface area contributed by atoms with Gasteiger partial charge >= 0.3 is 12.4 Å². The van der Waals surface area contributed by atoms with Crippen molar-refractivity contribution < 1.29 is 36.2 Å². The second-order valence-corrected chi connectivity index (χ2v) is 5.40. The van der Waals surface area contributed by atoms with Gasteiger partial charge in [-0.3, -0.25) is 4.99 Å². The number of methoxy groups -OCH3 is 1.